The first kappa shape index (κ1) is 15.6. The summed E-state index contributed by atoms with van der Waals surface area (Å²) in [6.07, 6.45) is -1.34. The Morgan fingerprint density at radius 2 is 2.21 bits per heavy atom. The molecular weight excluding hydrogens is 252 g/mol. The largest absolute Gasteiger partial charge is 0.444 e. The van der Waals surface area contributed by atoms with Gasteiger partial charge in [-0.1, -0.05) is 5.11 Å². The number of azide groups is 1. The summed E-state index contributed by atoms with van der Waals surface area (Å²) in [7, 11) is 0. The third kappa shape index (κ3) is 4.27. The highest BCUT2D eigenvalue weighted by Gasteiger charge is 2.42. The first-order valence-corrected chi connectivity index (χ1v) is 6.11. The zero-order chi connectivity index (χ0) is 14.6. The van der Waals surface area contributed by atoms with Gasteiger partial charge in [0.15, 0.2) is 0 Å². The Morgan fingerprint density at radius 3 is 2.68 bits per heavy atom. The Hall–Kier alpha value is -1.50. The van der Waals surface area contributed by atoms with Gasteiger partial charge in [-0.25, -0.2) is 4.79 Å². The number of hydrogen-bond donors (Lipinski definition) is 3. The summed E-state index contributed by atoms with van der Waals surface area (Å²) in [6, 6.07) is -1.34. The van der Waals surface area contributed by atoms with Crippen molar-refractivity contribution in [1.29, 1.82) is 0 Å². The molecule has 19 heavy (non-hydrogen) atoms. The van der Waals surface area contributed by atoms with Gasteiger partial charge in [0.05, 0.1) is 18.2 Å². The number of nitrogens with zero attached hydrogens (tertiary/aromatic N) is 3. The maximum atomic E-state index is 11.6. The van der Waals surface area contributed by atoms with Crippen LogP contribution in [0.25, 0.3) is 10.4 Å². The van der Waals surface area contributed by atoms with Crippen LogP contribution >= 0.6 is 0 Å². The number of rotatable bonds is 3. The number of ether oxygens (including phenoxy) is 1. The van der Waals surface area contributed by atoms with Gasteiger partial charge in [-0.3, -0.25) is 0 Å². The third-order valence-electron chi connectivity index (χ3n) is 2.92. The molecular formula is C11H20N4O4. The molecule has 0 aromatic heterocycles. The van der Waals surface area contributed by atoms with Crippen LogP contribution in [0.15, 0.2) is 5.11 Å². The summed E-state index contributed by atoms with van der Waals surface area (Å²) in [5, 5.41) is 25.2. The van der Waals surface area contributed by atoms with Crippen LogP contribution in [0.4, 0.5) is 4.79 Å². The van der Waals surface area contributed by atoms with Crippen LogP contribution in [0.2, 0.25) is 0 Å². The second kappa shape index (κ2) is 6.10. The molecule has 8 heteroatoms. The van der Waals surface area contributed by atoms with Crippen molar-refractivity contribution in [3.05, 3.63) is 10.4 Å². The number of amides is 1. The van der Waals surface area contributed by atoms with E-state index in [9.17, 15) is 15.0 Å². The molecule has 1 rings (SSSR count). The maximum Gasteiger partial charge on any atom is 0.407 e. The molecule has 0 radical (unpaired) electrons. The lowest BCUT2D eigenvalue weighted by Gasteiger charge is -2.23. The Labute approximate surface area is 111 Å². The molecule has 1 saturated carbocycles. The second-order valence-electron chi connectivity index (χ2n) is 5.62. The average molecular weight is 272 g/mol. The first-order chi connectivity index (χ1) is 8.78. The van der Waals surface area contributed by atoms with Gasteiger partial charge in [-0.05, 0) is 38.6 Å². The molecule has 108 valence electrons. The normalized spacial score (nSPS) is 30.6. The molecule has 1 amide bonds. The first-order valence-electron chi connectivity index (χ1n) is 6.11. The van der Waals surface area contributed by atoms with Crippen LogP contribution in [0, 0.1) is 5.92 Å². The van der Waals surface area contributed by atoms with Crippen molar-refractivity contribution in [3.63, 3.8) is 0 Å². The van der Waals surface area contributed by atoms with Gasteiger partial charge in [-0.2, -0.15) is 0 Å². The van der Waals surface area contributed by atoms with Gasteiger partial charge in [0.1, 0.15) is 5.60 Å². The van der Waals surface area contributed by atoms with Crippen LogP contribution in [-0.4, -0.2) is 46.7 Å². The van der Waals surface area contributed by atoms with Gasteiger partial charge in [0.25, 0.3) is 0 Å². The molecule has 0 saturated heterocycles. The van der Waals surface area contributed by atoms with Crippen molar-refractivity contribution in [3.8, 4) is 0 Å². The van der Waals surface area contributed by atoms with Crippen LogP contribution in [0.5, 0.6) is 0 Å². The fourth-order valence-electron chi connectivity index (χ4n) is 2.13. The van der Waals surface area contributed by atoms with Gasteiger partial charge < -0.3 is 20.3 Å². The van der Waals surface area contributed by atoms with Crippen molar-refractivity contribution >= 4 is 6.09 Å². The number of carbonyl (C=O) groups is 1. The summed E-state index contributed by atoms with van der Waals surface area (Å²) in [5.74, 6) is -0.370. The number of alkyl carbamates (subject to hydrolysis) is 1. The van der Waals surface area contributed by atoms with Gasteiger partial charge in [-0.15, -0.1) is 0 Å². The number of nitrogens with one attached hydrogen (secondary N) is 1. The van der Waals surface area contributed by atoms with E-state index in [4.69, 9.17) is 10.3 Å². The molecule has 4 atom stereocenters. The molecule has 1 fully saturated rings. The number of hydrogen-bond acceptors (Lipinski definition) is 5. The zero-order valence-electron chi connectivity index (χ0n) is 11.3. The summed E-state index contributed by atoms with van der Waals surface area (Å²) >= 11 is 0. The van der Waals surface area contributed by atoms with E-state index in [0.717, 1.165) is 0 Å². The quantitative estimate of drug-likeness (QED) is 0.401. The van der Waals surface area contributed by atoms with E-state index >= 15 is 0 Å². The Balaban J connectivity index is 2.65. The predicted octanol–water partition coefficient (Wildman–Crippen LogP) is 0.932. The minimum absolute atomic E-state index is 0.215. The minimum atomic E-state index is -1.03. The van der Waals surface area contributed by atoms with Crippen LogP contribution in [0.3, 0.4) is 0 Å². The van der Waals surface area contributed by atoms with Crippen molar-refractivity contribution < 1.29 is 19.7 Å². The molecule has 0 aliphatic heterocycles. The van der Waals surface area contributed by atoms with Gasteiger partial charge >= 0.3 is 6.09 Å². The summed E-state index contributed by atoms with van der Waals surface area (Å²) in [6.45, 7) is 4.98. The summed E-state index contributed by atoms with van der Waals surface area (Å²) < 4.78 is 5.08. The second-order valence-corrected chi connectivity index (χ2v) is 5.62. The highest BCUT2D eigenvalue weighted by atomic mass is 16.6. The summed E-state index contributed by atoms with van der Waals surface area (Å²) in [5.41, 5.74) is 7.80. The lowest BCUT2D eigenvalue weighted by atomic mass is 10.1. The molecule has 1 aliphatic rings. The third-order valence-corrected chi connectivity index (χ3v) is 2.92. The fourth-order valence-corrected chi connectivity index (χ4v) is 2.13. The van der Waals surface area contributed by atoms with Gasteiger partial charge in [0, 0.05) is 11.5 Å². The molecule has 8 nitrogen and oxygen atoms in total. The van der Waals surface area contributed by atoms with Gasteiger partial charge in [0.2, 0.25) is 0 Å². The Morgan fingerprint density at radius 1 is 1.58 bits per heavy atom. The average Bonchev–Trinajstić information content (AvgIpc) is 2.55. The molecule has 3 N–H and O–H groups in total. The van der Waals surface area contributed by atoms with Crippen molar-refractivity contribution in [2.24, 2.45) is 11.0 Å². The molecule has 1 aliphatic carbocycles. The molecule has 0 heterocycles. The van der Waals surface area contributed by atoms with Crippen LogP contribution < -0.4 is 5.32 Å². The lowest BCUT2D eigenvalue weighted by molar-refractivity contribution is 0.0441. The summed E-state index contributed by atoms with van der Waals surface area (Å²) in [4.78, 5) is 14.3. The van der Waals surface area contributed by atoms with E-state index in [0.29, 0.717) is 6.42 Å². The zero-order valence-corrected chi connectivity index (χ0v) is 11.3. The number of carbonyl (C=O) groups excluding carboxylic acids is 1. The standard InChI is InChI=1S/C11H20N4O4/c1-11(2,3)19-10(18)13-7-4-6(5-16)8(9(7)17)14-15-12/h6-9,16-17H,4-5H2,1-3H3,(H,13,18)/t6-,7-,8+,9+/m0/s1. The number of aliphatic hydroxyl groups excluding tert-OH is 2. The highest BCUT2D eigenvalue weighted by molar-refractivity contribution is 5.68. The SMILES string of the molecule is CC(C)(C)OC(=O)N[C@H]1C[C@@H](CO)[C@@H](N=[N+]=[N-])[C@@H]1O. The van der Waals surface area contributed by atoms with E-state index < -0.39 is 29.9 Å². The van der Waals surface area contributed by atoms with Crippen molar-refractivity contribution in [1.82, 2.24) is 5.32 Å². The molecule has 0 bridgehead atoms. The highest BCUT2D eigenvalue weighted by Crippen LogP contribution is 2.29. The topological polar surface area (TPSA) is 128 Å². The monoisotopic (exact) mass is 272 g/mol. The van der Waals surface area contributed by atoms with E-state index in [2.05, 4.69) is 15.3 Å². The van der Waals surface area contributed by atoms with E-state index in [-0.39, 0.29) is 12.5 Å². The predicted molar refractivity (Wildman–Crippen MR) is 67.3 cm³/mol. The van der Waals surface area contributed by atoms with Crippen molar-refractivity contribution in [2.45, 2.75) is 51.0 Å². The maximum absolute atomic E-state index is 11.6. The smallest absolute Gasteiger partial charge is 0.407 e. The van der Waals surface area contributed by atoms with Crippen LogP contribution in [-0.2, 0) is 4.74 Å². The molecule has 0 aromatic rings. The Kier molecular flexibility index (Phi) is 4.99. The van der Waals surface area contributed by atoms with E-state index in [1.807, 2.05) is 0 Å². The van der Waals surface area contributed by atoms with Crippen molar-refractivity contribution in [2.75, 3.05) is 6.61 Å². The van der Waals surface area contributed by atoms with E-state index in [1.54, 1.807) is 20.8 Å². The lowest BCUT2D eigenvalue weighted by Crippen LogP contribution is -2.44. The number of aliphatic hydroxyl groups is 2. The minimum Gasteiger partial charge on any atom is -0.444 e. The molecule has 0 unspecified atom stereocenters. The molecule has 0 aromatic carbocycles. The van der Waals surface area contributed by atoms with Crippen LogP contribution in [0.1, 0.15) is 27.2 Å². The fraction of sp³-hybridized carbons (Fsp3) is 0.909. The Bertz CT molecular complexity index is 375. The molecule has 0 spiro atoms. The van der Waals surface area contributed by atoms with E-state index in [1.165, 1.54) is 0 Å².